The molecule has 410 valence electrons. The molecule has 0 aliphatic heterocycles. The van der Waals surface area contributed by atoms with Crippen LogP contribution in [0.15, 0.2) is 97.2 Å². The van der Waals surface area contributed by atoms with Crippen LogP contribution in [0, 0.1) is 0 Å². The molecule has 10 heteroatoms. The predicted molar refractivity (Wildman–Crippen MR) is 303 cm³/mol. The Morgan fingerprint density at radius 1 is 0.521 bits per heavy atom. The lowest BCUT2D eigenvalue weighted by atomic mass is 10.0. The third-order valence-corrected chi connectivity index (χ3v) is 13.3. The molecule has 0 radical (unpaired) electrons. The smallest absolute Gasteiger partial charge is 0.268 e. The van der Waals surface area contributed by atoms with Gasteiger partial charge in [-0.3, -0.25) is 9.36 Å². The maximum Gasteiger partial charge on any atom is 0.268 e. The molecule has 0 spiro atoms. The SMILES string of the molecule is CC/C=C\C/C=C\C/C=C\C/C=C\C/C=C\C/C=C\CCCCCCCCCCCCCCCCCCC(=O)NC(COP(=O)([O-])OCC[N+](C)(C)C)C(O)C(O)CCC/C=C/CC/C=C/CCCCC. The second kappa shape index (κ2) is 50.9. The summed E-state index contributed by atoms with van der Waals surface area (Å²) < 4.78 is 23.2. The van der Waals surface area contributed by atoms with E-state index in [0.717, 1.165) is 83.5 Å². The first kappa shape index (κ1) is 68.4. The van der Waals surface area contributed by atoms with Crippen molar-refractivity contribution in [2.45, 2.75) is 244 Å². The van der Waals surface area contributed by atoms with E-state index in [1.165, 1.54) is 103 Å². The summed E-state index contributed by atoms with van der Waals surface area (Å²) in [7, 11) is 1.09. The van der Waals surface area contributed by atoms with Crippen molar-refractivity contribution >= 4 is 13.7 Å². The highest BCUT2D eigenvalue weighted by atomic mass is 31.2. The fraction of sp³-hybridized carbons (Fsp3) is 0.721. The number of aliphatic hydroxyl groups excluding tert-OH is 2. The van der Waals surface area contributed by atoms with Crippen molar-refractivity contribution in [3.63, 3.8) is 0 Å². The number of allylic oxidation sites excluding steroid dienone is 16. The molecule has 0 fully saturated rings. The van der Waals surface area contributed by atoms with Gasteiger partial charge >= 0.3 is 0 Å². The Morgan fingerprint density at radius 3 is 1.35 bits per heavy atom. The molecule has 0 aliphatic carbocycles. The first-order valence-corrected chi connectivity index (χ1v) is 30.1. The number of phosphoric acid groups is 1. The molecule has 4 unspecified atom stereocenters. The van der Waals surface area contributed by atoms with E-state index in [1.807, 2.05) is 21.1 Å². The first-order valence-electron chi connectivity index (χ1n) is 28.7. The number of quaternary nitrogens is 1. The number of hydrogen-bond acceptors (Lipinski definition) is 7. The predicted octanol–water partition coefficient (Wildman–Crippen LogP) is 15.8. The minimum atomic E-state index is -4.69. The van der Waals surface area contributed by atoms with Crippen LogP contribution in [0.5, 0.6) is 0 Å². The monoisotopic (exact) mass is 1010 g/mol. The van der Waals surface area contributed by atoms with Gasteiger partial charge in [0.15, 0.2) is 0 Å². The number of aliphatic hydroxyl groups is 2. The van der Waals surface area contributed by atoms with Gasteiger partial charge in [-0.25, -0.2) is 0 Å². The molecule has 0 heterocycles. The second-order valence-corrected chi connectivity index (χ2v) is 21.8. The minimum absolute atomic E-state index is 0.0519. The molecule has 0 aromatic heterocycles. The van der Waals surface area contributed by atoms with Crippen LogP contribution in [-0.2, 0) is 18.4 Å². The lowest BCUT2D eigenvalue weighted by Crippen LogP contribution is -2.51. The topological polar surface area (TPSA) is 128 Å². The molecule has 1 amide bonds. The molecule has 3 N–H and O–H groups in total. The van der Waals surface area contributed by atoms with Crippen LogP contribution >= 0.6 is 7.82 Å². The average molecular weight is 1010 g/mol. The van der Waals surface area contributed by atoms with E-state index in [0.29, 0.717) is 30.3 Å². The number of carbonyl (C=O) groups is 1. The lowest BCUT2D eigenvalue weighted by Gasteiger charge is -2.31. The van der Waals surface area contributed by atoms with Crippen LogP contribution < -0.4 is 10.2 Å². The molecule has 0 aromatic rings. The van der Waals surface area contributed by atoms with Crippen LogP contribution in [0.1, 0.15) is 226 Å². The molecular weight excluding hydrogens is 904 g/mol. The van der Waals surface area contributed by atoms with Gasteiger partial charge in [0.25, 0.3) is 7.82 Å². The van der Waals surface area contributed by atoms with Gasteiger partial charge in [-0.05, 0) is 103 Å². The Morgan fingerprint density at radius 2 is 0.901 bits per heavy atom. The standard InChI is InChI=1S/C61H109N2O7P/c1-6-8-10-12-14-16-18-20-21-22-23-24-25-26-27-28-29-30-31-32-33-34-35-36-37-38-39-40-41-42-44-46-48-50-52-54-60(65)62-58(57-70-71(67,68)69-56-55-63(3,4)5)61(66)59(64)53-51-49-47-45-43-19-17-15-13-11-9-7-2/h8,10,14-17,20-21,23-24,26-27,29-30,45,47,58-59,61,64,66H,6-7,9,11-13,18-19,22,25,28,31-44,46,48-57H2,1-5H3,(H-,62,65,67,68)/b10-8-,16-14-,17-15+,21-20-,24-23-,27-26-,30-29-,47-45+. The lowest BCUT2D eigenvalue weighted by molar-refractivity contribution is -0.870. The van der Waals surface area contributed by atoms with Crippen molar-refractivity contribution in [3.05, 3.63) is 97.2 Å². The summed E-state index contributed by atoms with van der Waals surface area (Å²) in [6.45, 7) is 4.26. The first-order chi connectivity index (χ1) is 34.4. The quantitative estimate of drug-likeness (QED) is 0.0240. The van der Waals surface area contributed by atoms with E-state index in [1.54, 1.807) is 0 Å². The summed E-state index contributed by atoms with van der Waals surface area (Å²) >= 11 is 0. The molecule has 0 aromatic carbocycles. The highest BCUT2D eigenvalue weighted by Gasteiger charge is 2.29. The van der Waals surface area contributed by atoms with Crippen molar-refractivity contribution < 1.29 is 38.0 Å². The van der Waals surface area contributed by atoms with Crippen LogP contribution in [0.3, 0.4) is 0 Å². The van der Waals surface area contributed by atoms with Gasteiger partial charge in [-0.2, -0.15) is 0 Å². The average Bonchev–Trinajstić information content (AvgIpc) is 3.33. The largest absolute Gasteiger partial charge is 0.756 e. The number of rotatable bonds is 51. The number of likely N-dealkylation sites (N-methyl/N-ethyl adjacent to an activating group) is 1. The fourth-order valence-corrected chi connectivity index (χ4v) is 8.58. The van der Waals surface area contributed by atoms with Gasteiger partial charge in [0.2, 0.25) is 5.91 Å². The Labute approximate surface area is 437 Å². The Hall–Kier alpha value is -2.62. The molecular formula is C61H109N2O7P. The van der Waals surface area contributed by atoms with Crippen LogP contribution in [-0.4, -0.2) is 79.8 Å². The minimum Gasteiger partial charge on any atom is -0.756 e. The molecule has 9 nitrogen and oxygen atoms in total. The number of nitrogens with one attached hydrogen (secondary N) is 1. The van der Waals surface area contributed by atoms with Crippen LogP contribution in [0.4, 0.5) is 0 Å². The zero-order chi connectivity index (χ0) is 52.2. The maximum absolute atomic E-state index is 13.0. The maximum atomic E-state index is 13.0. The molecule has 0 saturated heterocycles. The summed E-state index contributed by atoms with van der Waals surface area (Å²) in [5.74, 6) is -0.296. The summed E-state index contributed by atoms with van der Waals surface area (Å²) in [6, 6.07) is -1.10. The summed E-state index contributed by atoms with van der Waals surface area (Å²) in [4.78, 5) is 25.5. The van der Waals surface area contributed by atoms with E-state index < -0.39 is 32.7 Å². The van der Waals surface area contributed by atoms with E-state index in [9.17, 15) is 24.5 Å². The number of unbranched alkanes of at least 4 members (excludes halogenated alkanes) is 21. The number of hydrogen-bond donors (Lipinski definition) is 3. The van der Waals surface area contributed by atoms with Crippen molar-refractivity contribution in [3.8, 4) is 0 Å². The molecule has 0 bridgehead atoms. The zero-order valence-electron chi connectivity index (χ0n) is 46.3. The Bertz CT molecular complexity index is 1490. The van der Waals surface area contributed by atoms with Gasteiger partial charge in [0, 0.05) is 6.42 Å². The van der Waals surface area contributed by atoms with Gasteiger partial charge in [0.1, 0.15) is 19.3 Å². The third-order valence-electron chi connectivity index (χ3n) is 12.4. The van der Waals surface area contributed by atoms with E-state index >= 15 is 0 Å². The second-order valence-electron chi connectivity index (χ2n) is 20.4. The van der Waals surface area contributed by atoms with Crippen LogP contribution in [0.25, 0.3) is 0 Å². The fourth-order valence-electron chi connectivity index (χ4n) is 7.86. The highest BCUT2D eigenvalue weighted by Crippen LogP contribution is 2.38. The zero-order valence-corrected chi connectivity index (χ0v) is 47.2. The van der Waals surface area contributed by atoms with Gasteiger partial charge in [-0.1, -0.05) is 214 Å². The van der Waals surface area contributed by atoms with Crippen molar-refractivity contribution in [1.82, 2.24) is 5.32 Å². The normalized spacial score (nSPS) is 15.1. The van der Waals surface area contributed by atoms with E-state index in [2.05, 4.69) is 116 Å². The number of phosphoric ester groups is 1. The molecule has 4 atom stereocenters. The van der Waals surface area contributed by atoms with Crippen LogP contribution in [0.2, 0.25) is 0 Å². The van der Waals surface area contributed by atoms with Gasteiger partial charge in [-0.15, -0.1) is 0 Å². The third kappa shape index (κ3) is 52.1. The van der Waals surface area contributed by atoms with Gasteiger partial charge < -0.3 is 34.0 Å². The molecule has 71 heavy (non-hydrogen) atoms. The van der Waals surface area contributed by atoms with Crippen molar-refractivity contribution in [2.75, 3.05) is 40.9 Å². The number of amides is 1. The number of carbonyl (C=O) groups excluding carboxylic acids is 1. The van der Waals surface area contributed by atoms with E-state index in [4.69, 9.17) is 9.05 Å². The molecule has 0 saturated carbocycles. The summed E-state index contributed by atoms with van der Waals surface area (Å²) in [5.41, 5.74) is 0. The number of nitrogens with zero attached hydrogens (tertiary/aromatic N) is 1. The molecule has 0 aliphatic rings. The van der Waals surface area contributed by atoms with Crippen molar-refractivity contribution in [2.24, 2.45) is 0 Å². The summed E-state index contributed by atoms with van der Waals surface area (Å²) in [5, 5.41) is 24.7. The summed E-state index contributed by atoms with van der Waals surface area (Å²) in [6.07, 6.45) is 69.1. The van der Waals surface area contributed by atoms with E-state index in [-0.39, 0.29) is 18.9 Å². The van der Waals surface area contributed by atoms with Crippen molar-refractivity contribution in [1.29, 1.82) is 0 Å². The van der Waals surface area contributed by atoms with Gasteiger partial charge in [0.05, 0.1) is 39.9 Å². The highest BCUT2D eigenvalue weighted by molar-refractivity contribution is 7.45. The Kier molecular flexibility index (Phi) is 49.0. The Balaban J connectivity index is 4.12. The molecule has 0 rings (SSSR count).